The number of phenols is 3. The van der Waals surface area contributed by atoms with E-state index in [2.05, 4.69) is 133 Å². The number of primary amides is 1. The van der Waals surface area contributed by atoms with Gasteiger partial charge in [0.2, 0.25) is 94.5 Å². The largest absolute Gasteiger partial charge is 0.508 e. The van der Waals surface area contributed by atoms with Crippen LogP contribution in [0.3, 0.4) is 0 Å². The number of aliphatic hydroxyl groups excluding tert-OH is 2. The summed E-state index contributed by atoms with van der Waals surface area (Å²) in [6.45, 7) is 9.29. The molecule has 136 heavy (non-hydrogen) atoms. The van der Waals surface area contributed by atoms with Gasteiger partial charge in [-0.3, -0.25) is 87.5 Å². The summed E-state index contributed by atoms with van der Waals surface area (Å²) in [5.74, 6) is -21.1. The first kappa shape index (κ1) is 113. The second-order valence-electron chi connectivity index (χ2n) is 32.6. The van der Waals surface area contributed by atoms with E-state index in [0.29, 0.717) is 33.2 Å². The molecule has 0 bridgehead atoms. The molecule has 744 valence electrons. The van der Waals surface area contributed by atoms with Gasteiger partial charge in [0.1, 0.15) is 114 Å². The quantitative estimate of drug-likeness (QED) is 0.00745. The Labute approximate surface area is 798 Å². The van der Waals surface area contributed by atoms with Crippen LogP contribution < -0.4 is 113 Å². The van der Waals surface area contributed by atoms with Gasteiger partial charge in [0.15, 0.2) is 11.9 Å². The number of rotatable bonds is 56. The van der Waals surface area contributed by atoms with Gasteiger partial charge in [-0.2, -0.15) is 37.9 Å². The lowest BCUT2D eigenvalue weighted by Gasteiger charge is -2.29. The van der Waals surface area contributed by atoms with E-state index in [4.69, 9.17) is 33.8 Å². The minimum atomic E-state index is -1.87. The van der Waals surface area contributed by atoms with E-state index in [9.17, 15) is 107 Å². The number of aliphatic carboxylic acids is 1. The zero-order chi connectivity index (χ0) is 101. The van der Waals surface area contributed by atoms with E-state index in [1.165, 1.54) is 100 Å². The van der Waals surface area contributed by atoms with Crippen LogP contribution in [0.5, 0.6) is 17.2 Å². The number of nitrogens with one attached hydrogen (secondary N) is 20. The maximum Gasteiger partial charge on any atom is 0.326 e. The number of carboxylic acids is 1. The fourth-order valence-electron chi connectivity index (χ4n) is 13.3. The lowest BCUT2D eigenvalue weighted by Crippen LogP contribution is -2.63. The van der Waals surface area contributed by atoms with Crippen LogP contribution in [0.15, 0.2) is 103 Å². The molecule has 16 amide bonds. The second-order valence-corrected chi connectivity index (χ2v) is 33.7. The summed E-state index contributed by atoms with van der Waals surface area (Å²) >= 11 is 12.9. The Hall–Kier alpha value is -13.7. The van der Waals surface area contributed by atoms with Crippen molar-refractivity contribution >= 4 is 161 Å². The van der Waals surface area contributed by atoms with E-state index in [1.807, 2.05) is 0 Å². The van der Waals surface area contributed by atoms with Crippen LogP contribution in [0, 0.1) is 16.7 Å². The van der Waals surface area contributed by atoms with Crippen LogP contribution in [0.25, 0.3) is 10.9 Å². The number of hydrogen-bond donors (Lipinski definition) is 33. The number of carbonyl (C=O) groups is 17. The lowest BCUT2D eigenvalue weighted by atomic mass is 10.0. The van der Waals surface area contributed by atoms with Gasteiger partial charge >= 0.3 is 5.97 Å². The lowest BCUT2D eigenvalue weighted by molar-refractivity contribution is -0.142. The average molecular weight is 1960 g/mol. The molecular formula is C86H124N24O23S3. The van der Waals surface area contributed by atoms with Crippen LogP contribution in [-0.2, 0) is 107 Å². The molecule has 5 rings (SSSR count). The van der Waals surface area contributed by atoms with Gasteiger partial charge in [-0.05, 0) is 137 Å². The monoisotopic (exact) mass is 1960 g/mol. The Morgan fingerprint density at radius 3 is 1.07 bits per heavy atom. The van der Waals surface area contributed by atoms with E-state index >= 15 is 4.79 Å². The predicted octanol–water partition coefficient (Wildman–Crippen LogP) is -6.70. The third-order valence-corrected chi connectivity index (χ3v) is 22.2. The molecule has 47 nitrogen and oxygen atoms in total. The third kappa shape index (κ3) is 37.6. The van der Waals surface area contributed by atoms with Gasteiger partial charge in [0.05, 0.1) is 12.2 Å². The number of guanidine groups is 2. The molecule has 0 saturated carbocycles. The van der Waals surface area contributed by atoms with E-state index in [0.717, 1.165) is 6.92 Å². The zero-order valence-electron chi connectivity index (χ0n) is 75.7. The van der Waals surface area contributed by atoms with Gasteiger partial charge in [0, 0.05) is 79.6 Å². The molecule has 0 radical (unpaired) electrons. The van der Waals surface area contributed by atoms with Crippen LogP contribution in [0.4, 0.5) is 0 Å². The van der Waals surface area contributed by atoms with Gasteiger partial charge in [0.25, 0.3) is 0 Å². The van der Waals surface area contributed by atoms with Crippen molar-refractivity contribution in [2.24, 2.45) is 28.9 Å². The molecule has 34 N–H and O–H groups in total. The molecule has 0 unspecified atom stereocenters. The minimum Gasteiger partial charge on any atom is -0.508 e. The van der Waals surface area contributed by atoms with Gasteiger partial charge in [-0.15, -0.1) is 0 Å². The highest BCUT2D eigenvalue weighted by molar-refractivity contribution is 7.80. The molecule has 5 aromatic rings. The minimum absolute atomic E-state index is 0.0119. The Bertz CT molecular complexity index is 5000. The van der Waals surface area contributed by atoms with Crippen molar-refractivity contribution in [2.45, 2.75) is 222 Å². The number of aliphatic hydroxyl groups is 2. The molecule has 0 fully saturated rings. The number of thiol groups is 3. The number of benzene rings is 4. The summed E-state index contributed by atoms with van der Waals surface area (Å²) in [5.41, 5.74) is 24.0. The number of para-hydroxylation sites is 1. The molecule has 0 aliphatic heterocycles. The fourth-order valence-corrected chi connectivity index (χ4v) is 14.0. The number of aromatic amines is 1. The van der Waals surface area contributed by atoms with Crippen molar-refractivity contribution in [2.75, 3.05) is 30.3 Å². The van der Waals surface area contributed by atoms with Crippen LogP contribution >= 0.6 is 37.9 Å². The summed E-state index contributed by atoms with van der Waals surface area (Å²) in [6.07, 6.45) is -4.10. The summed E-state index contributed by atoms with van der Waals surface area (Å²) in [7, 11) is 0. The topological polar surface area (TPSA) is 784 Å². The number of aromatic hydroxyl groups is 3. The highest BCUT2D eigenvalue weighted by Crippen LogP contribution is 2.22. The molecule has 1 aromatic heterocycles. The van der Waals surface area contributed by atoms with Gasteiger partial charge in [-0.25, -0.2) is 4.79 Å². The second kappa shape index (κ2) is 55.8. The van der Waals surface area contributed by atoms with E-state index in [-0.39, 0.29) is 87.7 Å². The van der Waals surface area contributed by atoms with E-state index in [1.54, 1.807) is 44.3 Å². The first-order valence-corrected chi connectivity index (χ1v) is 45.1. The van der Waals surface area contributed by atoms with Crippen molar-refractivity contribution in [3.05, 3.63) is 126 Å². The van der Waals surface area contributed by atoms with Crippen LogP contribution in [0.1, 0.15) is 109 Å². The molecule has 0 spiro atoms. The number of H-pyrrole nitrogens is 1. The smallest absolute Gasteiger partial charge is 0.326 e. The van der Waals surface area contributed by atoms with Crippen LogP contribution in [0.2, 0.25) is 0 Å². The SMILES string of the molecule is CC(C)[C@H](NC(=O)[C@@H](N)[C@@H](C)O)C(=O)N[C@@H](CS)C(=O)N[C@H](C(=O)N[C@@H](Cc1c[nH]c2ccccc12)C(=O)N[C@@H](Cc1ccc(O)cc1)C(=O)N[C@@H](CS)C(=O)N[C@@H](Cc1ccc(O)cc1)C(=O)N[C@@H](CS)C(=O)N[C@@H](C)C(=O)N[C@@H](C)C(=O)N[C@@H](Cc1ccc(O)cc1)C(=O)N[C@@H](CCC(N)=O)C(=O)N[C@@H](CCCNC(=N)N)C(=O)N[C@@H](C)C(=O)N[C@@H](CCCNC(=N)N)C(=O)O)[C@@H](C)O. The van der Waals surface area contributed by atoms with Gasteiger partial charge < -0.3 is 149 Å². The first-order valence-electron chi connectivity index (χ1n) is 43.2. The van der Waals surface area contributed by atoms with Crippen molar-refractivity contribution in [1.82, 2.24) is 95.4 Å². The maximum atomic E-state index is 15.1. The number of fused-ring (bicyclic) bond motifs is 1. The number of aromatic nitrogens is 1. The number of hydrogen-bond acceptors (Lipinski definition) is 28. The molecule has 18 atom stereocenters. The van der Waals surface area contributed by atoms with Crippen molar-refractivity contribution in [3.63, 3.8) is 0 Å². The molecule has 0 saturated heterocycles. The predicted molar refractivity (Wildman–Crippen MR) is 506 cm³/mol. The number of carboxylic acid groups (broad SMARTS) is 1. The molecule has 4 aromatic carbocycles. The number of carbonyl (C=O) groups excluding carboxylic acids is 16. The number of amides is 16. The normalized spacial score (nSPS) is 15.1. The Balaban J connectivity index is 1.35. The molecular weight excluding hydrogens is 1830 g/mol. The maximum absolute atomic E-state index is 15.1. The van der Waals surface area contributed by atoms with E-state index < -0.39 is 251 Å². The highest BCUT2D eigenvalue weighted by Gasteiger charge is 2.40. The summed E-state index contributed by atoms with van der Waals surface area (Å²) in [6, 6.07) is -2.31. The summed E-state index contributed by atoms with van der Waals surface area (Å²) < 4.78 is 0. The number of nitrogens with two attached hydrogens (primary N) is 4. The molecule has 1 heterocycles. The highest BCUT2D eigenvalue weighted by atomic mass is 32.1. The number of phenolic OH excluding ortho intramolecular Hbond substituents is 3. The van der Waals surface area contributed by atoms with Crippen molar-refractivity contribution in [1.29, 1.82) is 10.8 Å². The zero-order valence-corrected chi connectivity index (χ0v) is 78.3. The fraction of sp³-hybridized carbons (Fsp3) is 0.477. The summed E-state index contributed by atoms with van der Waals surface area (Å²) in [5, 5.41) is 119. The molecule has 50 heteroatoms. The standard InChI is InChI=1S/C86H124N24O23S3/c1-40(2)67(109-81(129)66(88)44(6)111)82(130)108-64(39-136)80(128)110-68(45(7)112)83(131)105-61(35-49-36-95-54-13-9-8-12-53(49)54)77(125)103-59(33-47-18-24-51(114)25-19-47)75(123)107-63(38-135)79(127)104-60(34-48-20-26-52(115)27-21-48)76(124)106-62(37-134)78(126)98-41(3)69(117)96-42(4)71(119)102-58(32-46-16-22-50(113)23-17-46)74(122)100-56(28-29-65(87)116)73(121)99-55(14-10-30-93-85(89)90)72(120)97-43(5)70(118)101-57(84(132)133)15-11-31-94-86(91)92/h8-9,12-13,16-27,36,40-45,55-64,66-68,95,111-115,134-136H,10-11,14-15,28-35,37-39,88H2,1-7H3,(H2,87,116)(H,96,117)(H,97,120)(H,98,126)(H,99,121)(H,100,122)(H,101,118)(H,102,119)(H,103,125)(H,104,127)(H,105,131)(H,106,124)(H,107,123)(H,108,130)(H,109,129)(H,110,128)(H,132,133)(H4,89,90,93)(H4,91,92,94)/t41-,42-,43-,44+,45+,55-,56-,57-,58-,59-,60-,61-,62-,63-,64-,66-,67-,68-/m0/s1. The Morgan fingerprint density at radius 2 is 0.669 bits per heavy atom. The Kier molecular flexibility index (Phi) is 46.3. The van der Waals surface area contributed by atoms with Crippen molar-refractivity contribution < 1.29 is 112 Å². The molecule has 0 aliphatic rings. The molecule has 0 aliphatic carbocycles. The summed E-state index contributed by atoms with van der Waals surface area (Å²) in [4.78, 5) is 240. The van der Waals surface area contributed by atoms with Crippen molar-refractivity contribution in [3.8, 4) is 17.2 Å². The average Bonchev–Trinajstić information content (AvgIpc) is 1.65. The van der Waals surface area contributed by atoms with Gasteiger partial charge in [-0.1, -0.05) is 68.4 Å². The Morgan fingerprint density at radius 1 is 0.360 bits per heavy atom. The first-order chi connectivity index (χ1) is 64.1. The van der Waals surface area contributed by atoms with Crippen LogP contribution in [-0.4, -0.2) is 287 Å². The third-order valence-electron chi connectivity index (χ3n) is 21.1.